The van der Waals surface area contributed by atoms with Crippen LogP contribution in [-0.2, 0) is 21.8 Å². The molecule has 144 valence electrons. The molecule has 0 fully saturated rings. The second-order valence-corrected chi connectivity index (χ2v) is 6.90. The maximum absolute atomic E-state index is 12.4. The summed E-state index contributed by atoms with van der Waals surface area (Å²) in [6.07, 6.45) is 0.307. The van der Waals surface area contributed by atoms with E-state index < -0.39 is 5.97 Å². The van der Waals surface area contributed by atoms with E-state index in [0.717, 1.165) is 11.1 Å². The molecule has 1 amide bonds. The number of benzene rings is 2. The zero-order valence-corrected chi connectivity index (χ0v) is 16.2. The molecule has 27 heavy (non-hydrogen) atoms. The van der Waals surface area contributed by atoms with Gasteiger partial charge in [-0.15, -0.1) is 0 Å². The molecule has 0 atom stereocenters. The molecule has 2 N–H and O–H groups in total. The molecule has 0 heterocycles. The molecule has 6 nitrogen and oxygen atoms in total. The van der Waals surface area contributed by atoms with E-state index in [4.69, 9.17) is 14.6 Å². The Kier molecular flexibility index (Phi) is 8.00. The third-order valence-corrected chi connectivity index (χ3v) is 4.81. The van der Waals surface area contributed by atoms with Gasteiger partial charge < -0.3 is 19.9 Å². The first-order valence-corrected chi connectivity index (χ1v) is 9.56. The fourth-order valence-corrected chi connectivity index (χ4v) is 3.37. The summed E-state index contributed by atoms with van der Waals surface area (Å²) >= 11 is 1.55. The number of carbonyl (C=O) groups is 2. The molecule has 0 saturated heterocycles. The summed E-state index contributed by atoms with van der Waals surface area (Å²) in [5, 5.41) is 11.6. The first-order chi connectivity index (χ1) is 13.0. The highest BCUT2D eigenvalue weighted by Crippen LogP contribution is 2.25. The molecule has 2 rings (SSSR count). The van der Waals surface area contributed by atoms with E-state index in [1.165, 1.54) is 0 Å². The standard InChI is InChI=1S/C20H23NO5S/c1-25-17-6-7-18(26-2)15(11-17)12-19(22)21-16-5-3-4-14(10-16)13-27-9-8-20(23)24/h3-7,10-11H,8-9,12-13H2,1-2H3,(H,21,22)(H,23,24). The molecule has 0 unspecified atom stereocenters. The van der Waals surface area contributed by atoms with Gasteiger partial charge in [-0.1, -0.05) is 12.1 Å². The van der Waals surface area contributed by atoms with E-state index in [9.17, 15) is 9.59 Å². The van der Waals surface area contributed by atoms with Gasteiger partial charge in [0.15, 0.2) is 0 Å². The number of aliphatic carboxylic acids is 1. The van der Waals surface area contributed by atoms with E-state index in [-0.39, 0.29) is 18.7 Å². The Labute approximate surface area is 162 Å². The van der Waals surface area contributed by atoms with Crippen molar-refractivity contribution in [2.24, 2.45) is 0 Å². The van der Waals surface area contributed by atoms with Crippen LogP contribution in [0.4, 0.5) is 5.69 Å². The Morgan fingerprint density at radius 1 is 1.11 bits per heavy atom. The molecule has 0 aliphatic rings. The smallest absolute Gasteiger partial charge is 0.304 e. The van der Waals surface area contributed by atoms with Gasteiger partial charge in [-0.3, -0.25) is 9.59 Å². The van der Waals surface area contributed by atoms with Gasteiger partial charge in [-0.2, -0.15) is 11.8 Å². The van der Waals surface area contributed by atoms with E-state index in [0.29, 0.717) is 28.7 Å². The summed E-state index contributed by atoms with van der Waals surface area (Å²) in [4.78, 5) is 23.0. The number of methoxy groups -OCH3 is 2. The molecular weight excluding hydrogens is 366 g/mol. The number of carboxylic acid groups (broad SMARTS) is 1. The molecule has 0 spiro atoms. The molecule has 2 aromatic carbocycles. The quantitative estimate of drug-likeness (QED) is 0.604. The lowest BCUT2D eigenvalue weighted by atomic mass is 10.1. The normalized spacial score (nSPS) is 10.3. The molecule has 7 heteroatoms. The van der Waals surface area contributed by atoms with Crippen molar-refractivity contribution < 1.29 is 24.2 Å². The Morgan fingerprint density at radius 2 is 1.93 bits per heavy atom. The number of amides is 1. The number of anilines is 1. The van der Waals surface area contributed by atoms with Crippen LogP contribution < -0.4 is 14.8 Å². The van der Waals surface area contributed by atoms with Crippen LogP contribution >= 0.6 is 11.8 Å². The third-order valence-electron chi connectivity index (χ3n) is 3.78. The van der Waals surface area contributed by atoms with Crippen molar-refractivity contribution in [1.82, 2.24) is 0 Å². The fourth-order valence-electron chi connectivity index (χ4n) is 2.49. The summed E-state index contributed by atoms with van der Waals surface area (Å²) < 4.78 is 10.5. The van der Waals surface area contributed by atoms with Crippen molar-refractivity contribution in [2.45, 2.75) is 18.6 Å². The third kappa shape index (κ3) is 6.86. The van der Waals surface area contributed by atoms with Gasteiger partial charge in [0.2, 0.25) is 5.91 Å². The average molecular weight is 389 g/mol. The predicted octanol–water partition coefficient (Wildman–Crippen LogP) is 3.59. The number of nitrogens with one attached hydrogen (secondary N) is 1. The maximum atomic E-state index is 12.4. The number of rotatable bonds is 10. The van der Waals surface area contributed by atoms with Crippen LogP contribution in [0.3, 0.4) is 0 Å². The SMILES string of the molecule is COc1ccc(OC)c(CC(=O)Nc2cccc(CSCCC(=O)O)c2)c1. The average Bonchev–Trinajstić information content (AvgIpc) is 2.65. The van der Waals surface area contributed by atoms with Gasteiger partial charge in [0, 0.05) is 22.8 Å². The van der Waals surface area contributed by atoms with Gasteiger partial charge in [0.05, 0.1) is 27.1 Å². The number of hydrogen-bond donors (Lipinski definition) is 2. The Balaban J connectivity index is 1.96. The summed E-state index contributed by atoms with van der Waals surface area (Å²) in [5.41, 5.74) is 2.48. The molecular formula is C20H23NO5S. The minimum absolute atomic E-state index is 0.142. The minimum atomic E-state index is -0.795. The first-order valence-electron chi connectivity index (χ1n) is 8.41. The number of hydrogen-bond acceptors (Lipinski definition) is 5. The maximum Gasteiger partial charge on any atom is 0.304 e. The van der Waals surface area contributed by atoms with Crippen molar-refractivity contribution in [3.05, 3.63) is 53.6 Å². The van der Waals surface area contributed by atoms with Gasteiger partial charge >= 0.3 is 5.97 Å². The van der Waals surface area contributed by atoms with Crippen LogP contribution in [-0.4, -0.2) is 37.0 Å². The van der Waals surface area contributed by atoms with E-state index in [1.807, 2.05) is 24.3 Å². The van der Waals surface area contributed by atoms with Gasteiger partial charge in [0.25, 0.3) is 0 Å². The van der Waals surface area contributed by atoms with Gasteiger partial charge in [-0.05, 0) is 35.9 Å². The van der Waals surface area contributed by atoms with Gasteiger partial charge in [0.1, 0.15) is 11.5 Å². The summed E-state index contributed by atoms with van der Waals surface area (Å²) in [6.45, 7) is 0. The lowest BCUT2D eigenvalue weighted by molar-refractivity contribution is -0.136. The number of ether oxygens (including phenoxy) is 2. The molecule has 0 aliphatic carbocycles. The number of carboxylic acids is 1. The number of carbonyl (C=O) groups excluding carboxylic acids is 1. The molecule has 0 saturated carbocycles. The second kappa shape index (κ2) is 10.5. The molecule has 0 bridgehead atoms. The minimum Gasteiger partial charge on any atom is -0.497 e. The lowest BCUT2D eigenvalue weighted by Gasteiger charge is -2.11. The Hall–Kier alpha value is -2.67. The van der Waals surface area contributed by atoms with Crippen molar-refractivity contribution in [3.63, 3.8) is 0 Å². The Bertz CT molecular complexity index is 794. The van der Waals surface area contributed by atoms with Crippen LogP contribution in [0.2, 0.25) is 0 Å². The van der Waals surface area contributed by atoms with E-state index in [1.54, 1.807) is 44.2 Å². The summed E-state index contributed by atoms with van der Waals surface area (Å²) in [7, 11) is 3.14. The highest BCUT2D eigenvalue weighted by Gasteiger charge is 2.11. The molecule has 0 radical (unpaired) electrons. The first kappa shape index (κ1) is 20.6. The summed E-state index contributed by atoms with van der Waals surface area (Å²) in [6, 6.07) is 12.9. The Morgan fingerprint density at radius 3 is 2.63 bits per heavy atom. The topological polar surface area (TPSA) is 84.9 Å². The van der Waals surface area contributed by atoms with E-state index in [2.05, 4.69) is 5.32 Å². The van der Waals surface area contributed by atoms with Crippen LogP contribution in [0.5, 0.6) is 11.5 Å². The molecule has 2 aromatic rings. The van der Waals surface area contributed by atoms with Crippen LogP contribution in [0.1, 0.15) is 17.5 Å². The van der Waals surface area contributed by atoms with E-state index >= 15 is 0 Å². The monoisotopic (exact) mass is 389 g/mol. The molecule has 0 aliphatic heterocycles. The largest absolute Gasteiger partial charge is 0.497 e. The predicted molar refractivity (Wildman–Crippen MR) is 107 cm³/mol. The van der Waals surface area contributed by atoms with Gasteiger partial charge in [-0.25, -0.2) is 0 Å². The zero-order chi connectivity index (χ0) is 19.6. The summed E-state index contributed by atoms with van der Waals surface area (Å²) in [5.74, 6) is 1.60. The highest BCUT2D eigenvalue weighted by atomic mass is 32.2. The second-order valence-electron chi connectivity index (χ2n) is 5.80. The van der Waals surface area contributed by atoms with Crippen molar-refractivity contribution >= 4 is 29.3 Å². The lowest BCUT2D eigenvalue weighted by Crippen LogP contribution is -2.15. The fraction of sp³-hybridized carbons (Fsp3) is 0.300. The number of thioether (sulfide) groups is 1. The zero-order valence-electron chi connectivity index (χ0n) is 15.4. The van der Waals surface area contributed by atoms with Crippen molar-refractivity contribution in [2.75, 3.05) is 25.3 Å². The van der Waals surface area contributed by atoms with Crippen LogP contribution in [0.15, 0.2) is 42.5 Å². The highest BCUT2D eigenvalue weighted by molar-refractivity contribution is 7.98. The van der Waals surface area contributed by atoms with Crippen molar-refractivity contribution in [3.8, 4) is 11.5 Å². The molecule has 0 aromatic heterocycles. The van der Waals surface area contributed by atoms with Crippen LogP contribution in [0, 0.1) is 0 Å². The van der Waals surface area contributed by atoms with Crippen LogP contribution in [0.25, 0.3) is 0 Å². The van der Waals surface area contributed by atoms with Crippen molar-refractivity contribution in [1.29, 1.82) is 0 Å².